The summed E-state index contributed by atoms with van der Waals surface area (Å²) in [6.07, 6.45) is 2.03. The van der Waals surface area contributed by atoms with E-state index < -0.39 is 23.8 Å². The van der Waals surface area contributed by atoms with Crippen molar-refractivity contribution in [3.05, 3.63) is 64.7 Å². The lowest BCUT2D eigenvalue weighted by atomic mass is 10.0. The number of carbonyl (C=O) groups is 4. The van der Waals surface area contributed by atoms with Gasteiger partial charge >= 0.3 is 12.0 Å². The fraction of sp³-hybridized carbons (Fsp3) is 0.182. The number of urea groups is 1. The lowest BCUT2D eigenvalue weighted by Gasteiger charge is -2.26. The molecule has 0 aliphatic carbocycles. The van der Waals surface area contributed by atoms with E-state index in [1.54, 1.807) is 31.2 Å². The molecule has 30 heavy (non-hydrogen) atoms. The number of nitrogens with zero attached hydrogens (tertiary/aromatic N) is 1. The van der Waals surface area contributed by atoms with Gasteiger partial charge in [-0.1, -0.05) is 19.1 Å². The maximum Gasteiger partial charge on any atom is 0.335 e. The molecule has 4 amide bonds. The monoisotopic (exact) mass is 408 g/mol. The third-order valence-electron chi connectivity index (χ3n) is 4.56. The predicted molar refractivity (Wildman–Crippen MR) is 109 cm³/mol. The molecule has 1 aliphatic heterocycles. The number of hydrogen-bond donors (Lipinski definition) is 2. The summed E-state index contributed by atoms with van der Waals surface area (Å²) in [7, 11) is 0. The first-order chi connectivity index (χ1) is 14.3. The molecule has 0 unspecified atom stereocenters. The predicted octanol–water partition coefficient (Wildman–Crippen LogP) is 3.01. The van der Waals surface area contributed by atoms with Crippen LogP contribution < -0.4 is 15.0 Å². The van der Waals surface area contributed by atoms with E-state index in [2.05, 4.69) is 5.32 Å². The molecule has 0 bridgehead atoms. The lowest BCUT2D eigenvalue weighted by molar-refractivity contribution is -0.122. The second kappa shape index (κ2) is 8.60. The maximum absolute atomic E-state index is 13.0. The summed E-state index contributed by atoms with van der Waals surface area (Å²) >= 11 is 0. The van der Waals surface area contributed by atoms with E-state index in [1.807, 2.05) is 6.92 Å². The number of carbonyl (C=O) groups excluding carboxylic acids is 3. The minimum atomic E-state index is -1.16. The molecular weight excluding hydrogens is 388 g/mol. The number of aryl methyl sites for hydroxylation is 1. The second-order valence-corrected chi connectivity index (χ2v) is 6.47. The molecule has 0 aromatic heterocycles. The van der Waals surface area contributed by atoms with Crippen molar-refractivity contribution in [1.29, 1.82) is 0 Å². The van der Waals surface area contributed by atoms with Gasteiger partial charge < -0.3 is 9.84 Å². The molecule has 0 radical (unpaired) electrons. The minimum Gasteiger partial charge on any atom is -0.493 e. The Morgan fingerprint density at radius 1 is 1.10 bits per heavy atom. The van der Waals surface area contributed by atoms with Crippen LogP contribution in [-0.2, 0) is 16.0 Å². The number of ether oxygens (including phenoxy) is 1. The van der Waals surface area contributed by atoms with E-state index in [0.29, 0.717) is 18.0 Å². The van der Waals surface area contributed by atoms with Gasteiger partial charge in [0.15, 0.2) is 0 Å². The Balaban J connectivity index is 2.06. The smallest absolute Gasteiger partial charge is 0.335 e. The quantitative estimate of drug-likeness (QED) is 0.561. The SMILES string of the molecule is CCOc1ccc(C(=O)O)cc1/C=C1\C(=O)NC(=O)N(c2ccc(CC)cc2)C1=O. The van der Waals surface area contributed by atoms with Gasteiger partial charge in [0.05, 0.1) is 17.9 Å². The molecule has 1 fully saturated rings. The molecule has 2 aromatic carbocycles. The Kier molecular flexibility index (Phi) is 5.96. The van der Waals surface area contributed by atoms with Gasteiger partial charge in [0.1, 0.15) is 11.3 Å². The van der Waals surface area contributed by atoms with E-state index in [0.717, 1.165) is 16.9 Å². The number of carboxylic acids is 1. The van der Waals surface area contributed by atoms with Crippen molar-refractivity contribution in [3.63, 3.8) is 0 Å². The third kappa shape index (κ3) is 4.07. The number of barbiturate groups is 1. The molecule has 1 saturated heterocycles. The zero-order valence-electron chi connectivity index (χ0n) is 16.5. The Morgan fingerprint density at radius 3 is 2.40 bits per heavy atom. The van der Waals surface area contributed by atoms with E-state index >= 15 is 0 Å². The van der Waals surface area contributed by atoms with Crippen LogP contribution in [0.4, 0.5) is 10.5 Å². The average molecular weight is 408 g/mol. The number of nitrogens with one attached hydrogen (secondary N) is 1. The van der Waals surface area contributed by atoms with Crippen LogP contribution in [0.15, 0.2) is 48.0 Å². The Labute approximate surface area is 172 Å². The fourth-order valence-electron chi connectivity index (χ4n) is 3.01. The average Bonchev–Trinajstić information content (AvgIpc) is 2.72. The highest BCUT2D eigenvalue weighted by molar-refractivity contribution is 6.39. The zero-order chi connectivity index (χ0) is 21.8. The summed E-state index contributed by atoms with van der Waals surface area (Å²) in [4.78, 5) is 49.9. The standard InChI is InChI=1S/C22H20N2O6/c1-3-13-5-8-16(9-6-13)24-20(26)17(19(25)23-22(24)29)12-15-11-14(21(27)28)7-10-18(15)30-4-2/h5-12H,3-4H2,1-2H3,(H,27,28)(H,23,25,29)/b17-12+. The first-order valence-electron chi connectivity index (χ1n) is 9.36. The molecule has 1 aliphatic rings. The normalized spacial score (nSPS) is 15.3. The third-order valence-corrected chi connectivity index (χ3v) is 4.56. The van der Waals surface area contributed by atoms with Crippen LogP contribution in [0.5, 0.6) is 5.75 Å². The second-order valence-electron chi connectivity index (χ2n) is 6.47. The van der Waals surface area contributed by atoms with Crippen molar-refractivity contribution in [1.82, 2.24) is 5.32 Å². The summed E-state index contributed by atoms with van der Waals surface area (Å²) < 4.78 is 5.48. The molecule has 8 heteroatoms. The highest BCUT2D eigenvalue weighted by Crippen LogP contribution is 2.27. The number of rotatable bonds is 6. The summed E-state index contributed by atoms with van der Waals surface area (Å²) in [5, 5.41) is 11.4. The number of amides is 4. The summed E-state index contributed by atoms with van der Waals surface area (Å²) in [5.74, 6) is -2.53. The van der Waals surface area contributed by atoms with Crippen molar-refractivity contribution in [2.24, 2.45) is 0 Å². The Bertz CT molecular complexity index is 1060. The molecule has 2 N–H and O–H groups in total. The largest absolute Gasteiger partial charge is 0.493 e. The van der Waals surface area contributed by atoms with Crippen LogP contribution >= 0.6 is 0 Å². The number of carboxylic acid groups (broad SMARTS) is 1. The molecule has 2 aromatic rings. The number of benzene rings is 2. The number of aromatic carboxylic acids is 1. The van der Waals surface area contributed by atoms with Crippen molar-refractivity contribution in [2.75, 3.05) is 11.5 Å². The van der Waals surface area contributed by atoms with Crippen molar-refractivity contribution >= 4 is 35.6 Å². The Hall–Kier alpha value is -3.94. The molecule has 0 saturated carbocycles. The highest BCUT2D eigenvalue weighted by Gasteiger charge is 2.37. The van der Waals surface area contributed by atoms with Gasteiger partial charge in [-0.25, -0.2) is 14.5 Å². The highest BCUT2D eigenvalue weighted by atomic mass is 16.5. The fourth-order valence-corrected chi connectivity index (χ4v) is 3.01. The molecule has 8 nitrogen and oxygen atoms in total. The van der Waals surface area contributed by atoms with Crippen molar-refractivity contribution < 1.29 is 29.0 Å². The van der Waals surface area contributed by atoms with Crippen LogP contribution in [0.25, 0.3) is 6.08 Å². The topological polar surface area (TPSA) is 113 Å². The van der Waals surface area contributed by atoms with Crippen LogP contribution in [0.1, 0.15) is 35.3 Å². The first kappa shape index (κ1) is 20.8. The van der Waals surface area contributed by atoms with E-state index in [-0.39, 0.29) is 16.7 Å². The summed E-state index contributed by atoms with van der Waals surface area (Å²) in [6.45, 7) is 4.03. The van der Waals surface area contributed by atoms with Crippen molar-refractivity contribution in [2.45, 2.75) is 20.3 Å². The van der Waals surface area contributed by atoms with Gasteiger partial charge in [-0.05, 0) is 55.3 Å². The zero-order valence-corrected chi connectivity index (χ0v) is 16.5. The van der Waals surface area contributed by atoms with Crippen LogP contribution in [-0.4, -0.2) is 35.5 Å². The molecule has 0 spiro atoms. The van der Waals surface area contributed by atoms with Gasteiger partial charge in [-0.2, -0.15) is 0 Å². The van der Waals surface area contributed by atoms with Gasteiger partial charge in [-0.15, -0.1) is 0 Å². The van der Waals surface area contributed by atoms with Gasteiger partial charge in [0.25, 0.3) is 11.8 Å². The minimum absolute atomic E-state index is 0.0305. The Morgan fingerprint density at radius 2 is 1.80 bits per heavy atom. The summed E-state index contributed by atoms with van der Waals surface area (Å²) in [5.41, 5.74) is 1.25. The molecule has 1 heterocycles. The van der Waals surface area contributed by atoms with E-state index in [1.165, 1.54) is 24.3 Å². The number of imide groups is 2. The molecule has 0 atom stereocenters. The molecule has 154 valence electrons. The molecular formula is C22H20N2O6. The van der Waals surface area contributed by atoms with E-state index in [9.17, 15) is 24.3 Å². The lowest BCUT2D eigenvalue weighted by Crippen LogP contribution is -2.54. The van der Waals surface area contributed by atoms with Gasteiger partial charge in [0.2, 0.25) is 0 Å². The maximum atomic E-state index is 13.0. The number of hydrogen-bond acceptors (Lipinski definition) is 5. The van der Waals surface area contributed by atoms with Gasteiger partial charge in [-0.3, -0.25) is 14.9 Å². The van der Waals surface area contributed by atoms with Crippen molar-refractivity contribution in [3.8, 4) is 5.75 Å². The van der Waals surface area contributed by atoms with E-state index in [4.69, 9.17) is 4.74 Å². The van der Waals surface area contributed by atoms with Crippen LogP contribution in [0.3, 0.4) is 0 Å². The van der Waals surface area contributed by atoms with Crippen LogP contribution in [0, 0.1) is 0 Å². The van der Waals surface area contributed by atoms with Crippen LogP contribution in [0.2, 0.25) is 0 Å². The van der Waals surface area contributed by atoms with Gasteiger partial charge in [0, 0.05) is 5.56 Å². The first-order valence-corrected chi connectivity index (χ1v) is 9.36. The summed E-state index contributed by atoms with van der Waals surface area (Å²) in [6, 6.07) is 10.1. The molecule has 3 rings (SSSR count). The number of anilines is 1.